The summed E-state index contributed by atoms with van der Waals surface area (Å²) >= 11 is 0. The van der Waals surface area contributed by atoms with Gasteiger partial charge in [0, 0.05) is 6.07 Å². The minimum absolute atomic E-state index is 0.0455. The monoisotopic (exact) mass is 393 g/mol. The van der Waals surface area contributed by atoms with Crippen molar-refractivity contribution in [3.8, 4) is 11.5 Å². The van der Waals surface area contributed by atoms with Crippen molar-refractivity contribution in [3.05, 3.63) is 65.7 Å². The van der Waals surface area contributed by atoms with E-state index in [2.05, 4.69) is 4.90 Å². The molecule has 1 saturated heterocycles. The number of carbonyl (C=O) groups excluding carboxylic acids is 1. The second kappa shape index (κ2) is 11.4. The van der Waals surface area contributed by atoms with Crippen LogP contribution in [-0.2, 0) is 0 Å². The molecule has 0 spiro atoms. The number of hydrogen-bond acceptors (Lipinski definition) is 4. The van der Waals surface area contributed by atoms with E-state index in [1.165, 1.54) is 57.5 Å². The minimum Gasteiger partial charge on any atom is -0.507 e. The van der Waals surface area contributed by atoms with Crippen LogP contribution < -0.4 is 4.74 Å². The Morgan fingerprint density at radius 2 is 1.76 bits per heavy atom. The standard InChI is InChI=1S/C25H31NO3/c27-24(15-12-21-10-4-3-5-11-21)23-14-13-22(20-25(23)28)29-19-9-2-1-6-16-26-17-7-8-18-26/h3-5,10-15,20,28H,1-2,6-9,16-19H2/b15-12+. The van der Waals surface area contributed by atoms with Crippen LogP contribution in [0.25, 0.3) is 6.08 Å². The Labute approximate surface area is 173 Å². The number of ether oxygens (including phenoxy) is 1. The second-order valence-corrected chi connectivity index (χ2v) is 7.60. The van der Waals surface area contributed by atoms with Gasteiger partial charge in [0.2, 0.25) is 0 Å². The van der Waals surface area contributed by atoms with Gasteiger partial charge in [-0.1, -0.05) is 49.2 Å². The maximum absolute atomic E-state index is 12.3. The van der Waals surface area contributed by atoms with Crippen LogP contribution in [0.3, 0.4) is 0 Å². The van der Waals surface area contributed by atoms with Gasteiger partial charge in [-0.05, 0) is 69.1 Å². The van der Waals surface area contributed by atoms with Crippen LogP contribution in [0.2, 0.25) is 0 Å². The molecule has 4 nitrogen and oxygen atoms in total. The molecule has 154 valence electrons. The van der Waals surface area contributed by atoms with Gasteiger partial charge < -0.3 is 14.7 Å². The molecule has 29 heavy (non-hydrogen) atoms. The van der Waals surface area contributed by atoms with Gasteiger partial charge in [-0.15, -0.1) is 0 Å². The summed E-state index contributed by atoms with van der Waals surface area (Å²) in [7, 11) is 0. The number of likely N-dealkylation sites (tertiary alicyclic amines) is 1. The van der Waals surface area contributed by atoms with Crippen LogP contribution in [0.1, 0.15) is 54.4 Å². The van der Waals surface area contributed by atoms with Gasteiger partial charge in [0.1, 0.15) is 11.5 Å². The zero-order chi connectivity index (χ0) is 20.3. The lowest BCUT2D eigenvalue weighted by atomic mass is 10.1. The Hall–Kier alpha value is -2.59. The molecule has 1 heterocycles. The number of rotatable bonds is 11. The summed E-state index contributed by atoms with van der Waals surface area (Å²) in [5.41, 5.74) is 1.23. The van der Waals surface area contributed by atoms with Gasteiger partial charge in [0.15, 0.2) is 5.78 Å². The highest BCUT2D eigenvalue weighted by atomic mass is 16.5. The summed E-state index contributed by atoms with van der Waals surface area (Å²) in [4.78, 5) is 14.9. The van der Waals surface area contributed by atoms with Gasteiger partial charge in [-0.2, -0.15) is 0 Å². The Kier molecular flexibility index (Phi) is 8.32. The predicted molar refractivity (Wildman–Crippen MR) is 118 cm³/mol. The maximum atomic E-state index is 12.3. The van der Waals surface area contributed by atoms with E-state index in [1.54, 1.807) is 18.2 Å². The predicted octanol–water partition coefficient (Wildman–Crippen LogP) is 5.32. The fourth-order valence-electron chi connectivity index (χ4n) is 3.62. The highest BCUT2D eigenvalue weighted by molar-refractivity contribution is 6.08. The van der Waals surface area contributed by atoms with Crippen LogP contribution in [0, 0.1) is 0 Å². The van der Waals surface area contributed by atoms with Crippen molar-refractivity contribution in [1.82, 2.24) is 4.90 Å². The van der Waals surface area contributed by atoms with Crippen molar-refractivity contribution in [2.24, 2.45) is 0 Å². The van der Waals surface area contributed by atoms with Crippen LogP contribution in [0.15, 0.2) is 54.6 Å². The minimum atomic E-state index is -0.226. The van der Waals surface area contributed by atoms with Gasteiger partial charge in [0.05, 0.1) is 12.2 Å². The van der Waals surface area contributed by atoms with Crippen molar-refractivity contribution in [3.63, 3.8) is 0 Å². The van der Waals surface area contributed by atoms with E-state index in [4.69, 9.17) is 4.74 Å². The molecule has 0 atom stereocenters. The van der Waals surface area contributed by atoms with Crippen LogP contribution in [0.4, 0.5) is 0 Å². The largest absolute Gasteiger partial charge is 0.507 e. The van der Waals surface area contributed by atoms with Crippen LogP contribution in [0.5, 0.6) is 11.5 Å². The van der Waals surface area contributed by atoms with E-state index in [-0.39, 0.29) is 17.1 Å². The lowest BCUT2D eigenvalue weighted by Gasteiger charge is -2.13. The lowest BCUT2D eigenvalue weighted by Crippen LogP contribution is -2.20. The molecular weight excluding hydrogens is 362 g/mol. The number of hydrogen-bond donors (Lipinski definition) is 1. The number of phenolic OH excluding ortho intramolecular Hbond substituents is 1. The molecule has 0 radical (unpaired) electrons. The summed E-state index contributed by atoms with van der Waals surface area (Å²) in [5.74, 6) is 0.329. The first-order chi connectivity index (χ1) is 14.2. The van der Waals surface area contributed by atoms with E-state index in [1.807, 2.05) is 30.3 Å². The molecule has 2 aromatic rings. The lowest BCUT2D eigenvalue weighted by molar-refractivity contribution is 0.104. The van der Waals surface area contributed by atoms with Crippen molar-refractivity contribution in [1.29, 1.82) is 0 Å². The first-order valence-corrected chi connectivity index (χ1v) is 10.7. The topological polar surface area (TPSA) is 49.8 Å². The maximum Gasteiger partial charge on any atom is 0.189 e. The molecule has 0 saturated carbocycles. The zero-order valence-corrected chi connectivity index (χ0v) is 17.1. The highest BCUT2D eigenvalue weighted by Crippen LogP contribution is 2.25. The van der Waals surface area contributed by atoms with E-state index < -0.39 is 0 Å². The Morgan fingerprint density at radius 3 is 2.52 bits per heavy atom. The summed E-state index contributed by atoms with van der Waals surface area (Å²) in [6.45, 7) is 4.40. The molecule has 0 aliphatic carbocycles. The molecule has 0 unspecified atom stereocenters. The fraction of sp³-hybridized carbons (Fsp3) is 0.400. The molecule has 1 N–H and O–H groups in total. The number of carbonyl (C=O) groups is 1. The van der Waals surface area contributed by atoms with E-state index in [0.717, 1.165) is 18.4 Å². The van der Waals surface area contributed by atoms with E-state index in [0.29, 0.717) is 12.4 Å². The van der Waals surface area contributed by atoms with Crippen molar-refractivity contribution in [2.75, 3.05) is 26.2 Å². The third-order valence-corrected chi connectivity index (χ3v) is 5.30. The molecule has 0 bridgehead atoms. The summed E-state index contributed by atoms with van der Waals surface area (Å²) < 4.78 is 5.73. The summed E-state index contributed by atoms with van der Waals surface area (Å²) in [5, 5.41) is 10.2. The van der Waals surface area contributed by atoms with Crippen molar-refractivity contribution < 1.29 is 14.6 Å². The third kappa shape index (κ3) is 7.06. The van der Waals surface area contributed by atoms with E-state index >= 15 is 0 Å². The summed E-state index contributed by atoms with van der Waals surface area (Å²) in [6, 6.07) is 14.5. The Morgan fingerprint density at radius 1 is 1.00 bits per heavy atom. The first-order valence-electron chi connectivity index (χ1n) is 10.7. The molecular formula is C25H31NO3. The molecule has 1 aliphatic rings. The van der Waals surface area contributed by atoms with Gasteiger partial charge >= 0.3 is 0 Å². The zero-order valence-electron chi connectivity index (χ0n) is 17.1. The number of phenols is 1. The first kappa shape index (κ1) is 21.1. The molecule has 1 fully saturated rings. The van der Waals surface area contributed by atoms with Crippen LogP contribution >= 0.6 is 0 Å². The number of allylic oxidation sites excluding steroid dienone is 1. The third-order valence-electron chi connectivity index (χ3n) is 5.30. The SMILES string of the molecule is O=C(/C=C/c1ccccc1)c1ccc(OCCCCCCN2CCCC2)cc1O. The number of aromatic hydroxyl groups is 1. The average molecular weight is 394 g/mol. The number of unbranched alkanes of at least 4 members (excludes halogenated alkanes) is 3. The molecule has 0 aromatic heterocycles. The van der Waals surface area contributed by atoms with Crippen LogP contribution in [-0.4, -0.2) is 42.0 Å². The summed E-state index contributed by atoms with van der Waals surface area (Å²) in [6.07, 6.45) is 10.6. The molecule has 3 rings (SSSR count). The Bertz CT molecular complexity index is 795. The molecule has 1 aliphatic heterocycles. The average Bonchev–Trinajstić information content (AvgIpc) is 3.26. The highest BCUT2D eigenvalue weighted by Gasteiger charge is 2.11. The van der Waals surface area contributed by atoms with Gasteiger partial charge in [0.25, 0.3) is 0 Å². The molecule has 4 heteroatoms. The number of nitrogens with zero attached hydrogens (tertiary/aromatic N) is 1. The smallest absolute Gasteiger partial charge is 0.189 e. The van der Waals surface area contributed by atoms with E-state index in [9.17, 15) is 9.90 Å². The molecule has 0 amide bonds. The van der Waals surface area contributed by atoms with Gasteiger partial charge in [-0.3, -0.25) is 4.79 Å². The Balaban J connectivity index is 1.37. The molecule has 2 aromatic carbocycles. The number of ketones is 1. The number of benzene rings is 2. The van der Waals surface area contributed by atoms with Crippen molar-refractivity contribution in [2.45, 2.75) is 38.5 Å². The quantitative estimate of drug-likeness (QED) is 0.319. The van der Waals surface area contributed by atoms with Gasteiger partial charge in [-0.25, -0.2) is 0 Å². The van der Waals surface area contributed by atoms with Crippen molar-refractivity contribution >= 4 is 11.9 Å². The second-order valence-electron chi connectivity index (χ2n) is 7.60. The fourth-order valence-corrected chi connectivity index (χ4v) is 3.62. The normalized spacial score (nSPS) is 14.5.